The average molecular weight is 342 g/mol. The average Bonchev–Trinajstić information content (AvgIpc) is 3.34. The van der Waals surface area contributed by atoms with Crippen LogP contribution in [0, 0.1) is 5.92 Å². The van der Waals surface area contributed by atoms with Crippen molar-refractivity contribution in [1.29, 1.82) is 0 Å². The molecule has 2 aliphatic heterocycles. The molecule has 0 radical (unpaired) electrons. The summed E-state index contributed by atoms with van der Waals surface area (Å²) in [6.07, 6.45) is 8.42. The van der Waals surface area contributed by atoms with Crippen LogP contribution in [-0.4, -0.2) is 56.6 Å². The van der Waals surface area contributed by atoms with Crippen LogP contribution in [0.2, 0.25) is 0 Å². The quantitative estimate of drug-likeness (QED) is 0.850. The molecule has 4 rings (SSSR count). The minimum atomic E-state index is 0.0112. The molecular formula is C18H22N4O3. The first-order valence-corrected chi connectivity index (χ1v) is 8.71. The Kier molecular flexibility index (Phi) is 4.07. The molecule has 7 nitrogen and oxygen atoms in total. The van der Waals surface area contributed by atoms with E-state index in [4.69, 9.17) is 4.42 Å². The van der Waals surface area contributed by atoms with Gasteiger partial charge in [0.15, 0.2) is 0 Å². The van der Waals surface area contributed by atoms with Gasteiger partial charge in [-0.2, -0.15) is 5.10 Å². The van der Waals surface area contributed by atoms with Crippen molar-refractivity contribution in [2.45, 2.75) is 38.4 Å². The number of furan rings is 1. The van der Waals surface area contributed by atoms with Gasteiger partial charge in [0.25, 0.3) is 5.91 Å². The lowest BCUT2D eigenvalue weighted by molar-refractivity contribution is -0.132. The zero-order valence-electron chi connectivity index (χ0n) is 14.2. The van der Waals surface area contributed by atoms with Crippen molar-refractivity contribution in [2.24, 2.45) is 5.92 Å². The number of piperidine rings is 1. The number of amides is 2. The predicted molar refractivity (Wildman–Crippen MR) is 89.7 cm³/mol. The number of hydrogen-bond donors (Lipinski definition) is 0. The Labute approximate surface area is 146 Å². The topological polar surface area (TPSA) is 71.6 Å². The summed E-state index contributed by atoms with van der Waals surface area (Å²) in [5.41, 5.74) is 0.591. The van der Waals surface area contributed by atoms with E-state index < -0.39 is 0 Å². The molecule has 2 amide bonds. The third kappa shape index (κ3) is 2.94. The fraction of sp³-hybridized carbons (Fsp3) is 0.500. The van der Waals surface area contributed by atoms with E-state index in [1.54, 1.807) is 19.2 Å². The van der Waals surface area contributed by atoms with E-state index >= 15 is 0 Å². The third-order valence-electron chi connectivity index (χ3n) is 5.40. The second-order valence-electron chi connectivity index (χ2n) is 6.92. The number of nitrogens with zero attached hydrogens (tertiary/aromatic N) is 4. The van der Waals surface area contributed by atoms with Crippen LogP contribution in [0.1, 0.15) is 30.1 Å². The SMILES string of the molecule is CC(=O)N1C(Cn2cccn2)C[C@H]2CN(C(=O)c3ccoc3)CC[C@H]21. The molecule has 0 aliphatic carbocycles. The molecule has 2 aliphatic rings. The number of rotatable bonds is 3. The maximum absolute atomic E-state index is 12.6. The Balaban J connectivity index is 1.49. The van der Waals surface area contributed by atoms with Crippen molar-refractivity contribution in [2.75, 3.05) is 13.1 Å². The highest BCUT2D eigenvalue weighted by atomic mass is 16.3. The van der Waals surface area contributed by atoms with Gasteiger partial charge in [-0.3, -0.25) is 14.3 Å². The number of hydrogen-bond acceptors (Lipinski definition) is 4. The van der Waals surface area contributed by atoms with Gasteiger partial charge < -0.3 is 14.2 Å². The van der Waals surface area contributed by atoms with Crippen molar-refractivity contribution in [3.8, 4) is 0 Å². The van der Waals surface area contributed by atoms with Crippen molar-refractivity contribution in [3.05, 3.63) is 42.6 Å². The first kappa shape index (κ1) is 15.9. The zero-order chi connectivity index (χ0) is 17.4. The molecule has 2 fully saturated rings. The molecule has 2 aromatic rings. The third-order valence-corrected chi connectivity index (χ3v) is 5.40. The van der Waals surface area contributed by atoms with Gasteiger partial charge in [0.1, 0.15) is 6.26 Å². The molecule has 2 aromatic heterocycles. The normalized spacial score (nSPS) is 25.9. The largest absolute Gasteiger partial charge is 0.472 e. The Morgan fingerprint density at radius 3 is 2.96 bits per heavy atom. The Bertz CT molecular complexity index is 740. The number of aromatic nitrogens is 2. The maximum Gasteiger partial charge on any atom is 0.257 e. The Morgan fingerprint density at radius 2 is 2.28 bits per heavy atom. The lowest BCUT2D eigenvalue weighted by atomic mass is 9.91. The van der Waals surface area contributed by atoms with Gasteiger partial charge in [-0.15, -0.1) is 0 Å². The summed E-state index contributed by atoms with van der Waals surface area (Å²) in [6.45, 7) is 3.70. The number of likely N-dealkylation sites (tertiary alicyclic amines) is 2. The molecule has 0 saturated carbocycles. The summed E-state index contributed by atoms with van der Waals surface area (Å²) in [7, 11) is 0. The van der Waals surface area contributed by atoms with E-state index in [0.29, 0.717) is 31.1 Å². The minimum absolute atomic E-state index is 0.0112. The van der Waals surface area contributed by atoms with Crippen molar-refractivity contribution < 1.29 is 14.0 Å². The number of carbonyl (C=O) groups is 2. The summed E-state index contributed by atoms with van der Waals surface area (Å²) in [6, 6.07) is 3.94. The molecule has 0 spiro atoms. The zero-order valence-corrected chi connectivity index (χ0v) is 14.2. The lowest BCUT2D eigenvalue weighted by Crippen LogP contribution is -2.50. The van der Waals surface area contributed by atoms with Crippen LogP contribution in [0.15, 0.2) is 41.5 Å². The van der Waals surface area contributed by atoms with Gasteiger partial charge >= 0.3 is 0 Å². The number of fused-ring (bicyclic) bond motifs is 1. The second kappa shape index (κ2) is 6.38. The van der Waals surface area contributed by atoms with Gasteiger partial charge in [-0.05, 0) is 30.9 Å². The van der Waals surface area contributed by atoms with Gasteiger partial charge in [0, 0.05) is 38.4 Å². The first-order chi connectivity index (χ1) is 12.1. The van der Waals surface area contributed by atoms with E-state index in [-0.39, 0.29) is 23.9 Å². The summed E-state index contributed by atoms with van der Waals surface area (Å²) in [4.78, 5) is 28.7. The molecule has 1 unspecified atom stereocenters. The van der Waals surface area contributed by atoms with Crippen LogP contribution in [0.5, 0.6) is 0 Å². The van der Waals surface area contributed by atoms with Crippen LogP contribution in [0.25, 0.3) is 0 Å². The van der Waals surface area contributed by atoms with E-state index in [9.17, 15) is 9.59 Å². The monoisotopic (exact) mass is 342 g/mol. The first-order valence-electron chi connectivity index (χ1n) is 8.71. The predicted octanol–water partition coefficient (Wildman–Crippen LogP) is 1.63. The standard InChI is InChI=1S/C18H22N4O3/c1-13(23)22-16(11-21-6-2-5-19-21)9-15-10-20(7-3-17(15)22)18(24)14-4-8-25-12-14/h2,4-6,8,12,15-17H,3,7,9-11H2,1H3/t15-,16?,17+/m0/s1. The van der Waals surface area contributed by atoms with Crippen LogP contribution in [-0.2, 0) is 11.3 Å². The molecule has 0 N–H and O–H groups in total. The van der Waals surface area contributed by atoms with E-state index in [0.717, 1.165) is 12.8 Å². The Morgan fingerprint density at radius 1 is 1.40 bits per heavy atom. The molecule has 0 bridgehead atoms. The summed E-state index contributed by atoms with van der Waals surface area (Å²) in [5, 5.41) is 4.27. The second-order valence-corrected chi connectivity index (χ2v) is 6.92. The van der Waals surface area contributed by atoms with Gasteiger partial charge in [-0.1, -0.05) is 0 Å². The van der Waals surface area contributed by atoms with Gasteiger partial charge in [-0.25, -0.2) is 0 Å². The summed E-state index contributed by atoms with van der Waals surface area (Å²) < 4.78 is 6.91. The van der Waals surface area contributed by atoms with E-state index in [1.807, 2.05) is 26.7 Å². The van der Waals surface area contributed by atoms with Crippen molar-refractivity contribution in [1.82, 2.24) is 19.6 Å². The minimum Gasteiger partial charge on any atom is -0.472 e. The molecule has 25 heavy (non-hydrogen) atoms. The van der Waals surface area contributed by atoms with E-state index in [1.165, 1.54) is 12.5 Å². The van der Waals surface area contributed by atoms with Crippen molar-refractivity contribution >= 4 is 11.8 Å². The van der Waals surface area contributed by atoms with Crippen LogP contribution >= 0.6 is 0 Å². The molecule has 7 heteroatoms. The molecule has 2 saturated heterocycles. The van der Waals surface area contributed by atoms with Crippen LogP contribution in [0.3, 0.4) is 0 Å². The van der Waals surface area contributed by atoms with Crippen LogP contribution < -0.4 is 0 Å². The van der Waals surface area contributed by atoms with Gasteiger partial charge in [0.2, 0.25) is 5.91 Å². The maximum atomic E-state index is 12.6. The highest BCUT2D eigenvalue weighted by molar-refractivity contribution is 5.93. The summed E-state index contributed by atoms with van der Waals surface area (Å²) in [5.74, 6) is 0.436. The fourth-order valence-corrected chi connectivity index (χ4v) is 4.38. The molecule has 132 valence electrons. The molecule has 4 heterocycles. The van der Waals surface area contributed by atoms with Gasteiger partial charge in [0.05, 0.1) is 24.4 Å². The highest BCUT2D eigenvalue weighted by Gasteiger charge is 2.45. The number of carbonyl (C=O) groups excluding carboxylic acids is 2. The smallest absolute Gasteiger partial charge is 0.257 e. The highest BCUT2D eigenvalue weighted by Crippen LogP contribution is 2.36. The molecule has 0 aromatic carbocycles. The van der Waals surface area contributed by atoms with Crippen LogP contribution in [0.4, 0.5) is 0 Å². The Hall–Kier alpha value is -2.57. The van der Waals surface area contributed by atoms with E-state index in [2.05, 4.69) is 5.10 Å². The lowest BCUT2D eigenvalue weighted by Gasteiger charge is -2.38. The molecule has 3 atom stereocenters. The fourth-order valence-electron chi connectivity index (χ4n) is 4.38. The molecular weight excluding hydrogens is 320 g/mol. The summed E-state index contributed by atoms with van der Waals surface area (Å²) >= 11 is 0. The van der Waals surface area contributed by atoms with Crippen molar-refractivity contribution in [3.63, 3.8) is 0 Å².